The van der Waals surface area contributed by atoms with Crippen LogP contribution in [0.2, 0.25) is 0 Å². The number of carbonyl (C=O) groups is 2. The molecular weight excluding hydrogens is 403 g/mol. The Morgan fingerprint density at radius 2 is 1.34 bits per heavy atom. The molecule has 32 heavy (non-hydrogen) atoms. The van der Waals surface area contributed by atoms with Gasteiger partial charge in [0.05, 0.1) is 5.56 Å². The van der Waals surface area contributed by atoms with E-state index in [4.69, 9.17) is 4.74 Å². The van der Waals surface area contributed by atoms with Gasteiger partial charge in [0.1, 0.15) is 11.6 Å². The molecular formula is C28H19FO3. The fourth-order valence-electron chi connectivity index (χ4n) is 3.16. The average Bonchev–Trinajstić information content (AvgIpc) is 2.84. The van der Waals surface area contributed by atoms with Gasteiger partial charge in [0.25, 0.3) is 0 Å². The number of ether oxygens (including phenoxy) is 1. The van der Waals surface area contributed by atoms with Gasteiger partial charge in [-0.2, -0.15) is 0 Å². The normalized spacial score (nSPS) is 10.8. The summed E-state index contributed by atoms with van der Waals surface area (Å²) in [6.07, 6.45) is 3.15. The molecule has 0 aliphatic carbocycles. The Kier molecular flexibility index (Phi) is 6.33. The van der Waals surface area contributed by atoms with Gasteiger partial charge in [-0.3, -0.25) is 4.79 Å². The summed E-state index contributed by atoms with van der Waals surface area (Å²) >= 11 is 0. The lowest BCUT2D eigenvalue weighted by atomic mass is 10.0. The molecule has 0 aliphatic rings. The first kappa shape index (κ1) is 20.9. The Hall–Kier alpha value is -4.31. The average molecular weight is 422 g/mol. The van der Waals surface area contributed by atoms with Crippen LogP contribution >= 0.6 is 0 Å². The highest BCUT2D eigenvalue weighted by Gasteiger charge is 2.09. The molecule has 0 aliphatic heterocycles. The summed E-state index contributed by atoms with van der Waals surface area (Å²) in [7, 11) is 0. The summed E-state index contributed by atoms with van der Waals surface area (Å²) in [5, 5.41) is 0. The molecule has 0 N–H and O–H groups in total. The van der Waals surface area contributed by atoms with Crippen molar-refractivity contribution in [3.63, 3.8) is 0 Å². The number of hydrogen-bond donors (Lipinski definition) is 0. The number of allylic oxidation sites excluding steroid dienone is 1. The highest BCUT2D eigenvalue weighted by molar-refractivity contribution is 6.07. The molecule has 0 bridgehead atoms. The van der Waals surface area contributed by atoms with Crippen LogP contribution in [0, 0.1) is 5.82 Å². The van der Waals surface area contributed by atoms with Crippen molar-refractivity contribution < 1.29 is 18.7 Å². The second-order valence-corrected chi connectivity index (χ2v) is 7.11. The third kappa shape index (κ3) is 5.24. The topological polar surface area (TPSA) is 43.4 Å². The number of hydrogen-bond acceptors (Lipinski definition) is 3. The van der Waals surface area contributed by atoms with Crippen molar-refractivity contribution in [2.75, 3.05) is 0 Å². The van der Waals surface area contributed by atoms with Crippen LogP contribution in [-0.2, 0) is 0 Å². The maximum absolute atomic E-state index is 13.0. The SMILES string of the molecule is O=C(/C=C/c1cccc(OC(=O)c2ccc(F)cc2)c1)c1ccc(-c2ccccc2)cc1. The Labute approximate surface area is 185 Å². The maximum Gasteiger partial charge on any atom is 0.343 e. The van der Waals surface area contributed by atoms with Gasteiger partial charge in [0.2, 0.25) is 0 Å². The Morgan fingerprint density at radius 1 is 0.688 bits per heavy atom. The van der Waals surface area contributed by atoms with Gasteiger partial charge in [-0.25, -0.2) is 9.18 Å². The Morgan fingerprint density at radius 3 is 2.06 bits per heavy atom. The zero-order chi connectivity index (χ0) is 22.3. The Balaban J connectivity index is 1.42. The van der Waals surface area contributed by atoms with E-state index < -0.39 is 11.8 Å². The van der Waals surface area contributed by atoms with Crippen LogP contribution in [0.4, 0.5) is 4.39 Å². The van der Waals surface area contributed by atoms with Crippen molar-refractivity contribution >= 4 is 17.8 Å². The second-order valence-electron chi connectivity index (χ2n) is 7.11. The van der Waals surface area contributed by atoms with Crippen molar-refractivity contribution in [3.05, 3.63) is 132 Å². The highest BCUT2D eigenvalue weighted by Crippen LogP contribution is 2.20. The molecule has 0 aromatic heterocycles. The molecule has 0 heterocycles. The first-order valence-electron chi connectivity index (χ1n) is 10.0. The molecule has 4 aromatic rings. The largest absolute Gasteiger partial charge is 0.423 e. The number of rotatable bonds is 6. The van der Waals surface area contributed by atoms with Crippen molar-refractivity contribution in [1.82, 2.24) is 0 Å². The smallest absolute Gasteiger partial charge is 0.343 e. The van der Waals surface area contributed by atoms with E-state index in [1.54, 1.807) is 42.5 Å². The fraction of sp³-hybridized carbons (Fsp3) is 0. The zero-order valence-electron chi connectivity index (χ0n) is 17.1. The number of carbonyl (C=O) groups excluding carboxylic acids is 2. The first-order valence-corrected chi connectivity index (χ1v) is 10.0. The van der Waals surface area contributed by atoms with Gasteiger partial charge in [0.15, 0.2) is 5.78 Å². The predicted molar refractivity (Wildman–Crippen MR) is 123 cm³/mol. The molecule has 0 unspecified atom stereocenters. The Bertz CT molecular complexity index is 1260. The van der Waals surface area contributed by atoms with Crippen LogP contribution in [0.5, 0.6) is 5.75 Å². The van der Waals surface area contributed by atoms with Crippen LogP contribution in [0.1, 0.15) is 26.3 Å². The van der Waals surface area contributed by atoms with Crippen molar-refractivity contribution in [2.45, 2.75) is 0 Å². The molecule has 3 nitrogen and oxygen atoms in total. The van der Waals surface area contributed by atoms with Gasteiger partial charge in [0, 0.05) is 5.56 Å². The van der Waals surface area contributed by atoms with Crippen molar-refractivity contribution in [1.29, 1.82) is 0 Å². The molecule has 0 spiro atoms. The van der Waals surface area contributed by atoms with Gasteiger partial charge in [-0.15, -0.1) is 0 Å². The number of halogens is 1. The summed E-state index contributed by atoms with van der Waals surface area (Å²) in [5.41, 5.74) is 3.68. The summed E-state index contributed by atoms with van der Waals surface area (Å²) in [6, 6.07) is 29.4. The summed E-state index contributed by atoms with van der Waals surface area (Å²) in [4.78, 5) is 24.7. The molecule has 4 heteroatoms. The molecule has 0 atom stereocenters. The van der Waals surface area contributed by atoms with Crippen LogP contribution in [0.25, 0.3) is 17.2 Å². The number of ketones is 1. The molecule has 156 valence electrons. The van der Waals surface area contributed by atoms with Crippen molar-refractivity contribution in [2.24, 2.45) is 0 Å². The number of benzene rings is 4. The standard InChI is InChI=1S/C28H19FO3/c29-25-16-14-24(15-17-25)28(31)32-26-8-4-5-20(19-26)9-18-27(30)23-12-10-22(11-13-23)21-6-2-1-3-7-21/h1-19H/b18-9+. The molecule has 4 aromatic carbocycles. The first-order chi connectivity index (χ1) is 15.6. The molecule has 0 amide bonds. The number of esters is 1. The second kappa shape index (κ2) is 9.67. The van der Waals surface area contributed by atoms with E-state index in [1.165, 1.54) is 30.3 Å². The summed E-state index contributed by atoms with van der Waals surface area (Å²) in [6.45, 7) is 0. The lowest BCUT2D eigenvalue weighted by Crippen LogP contribution is -2.08. The summed E-state index contributed by atoms with van der Waals surface area (Å²) < 4.78 is 18.4. The zero-order valence-corrected chi connectivity index (χ0v) is 17.1. The van der Waals surface area contributed by atoms with Crippen LogP contribution in [-0.4, -0.2) is 11.8 Å². The quantitative estimate of drug-likeness (QED) is 0.152. The fourth-order valence-corrected chi connectivity index (χ4v) is 3.16. The lowest BCUT2D eigenvalue weighted by Gasteiger charge is -2.05. The van der Waals surface area contributed by atoms with Crippen LogP contribution < -0.4 is 4.74 Å². The van der Waals surface area contributed by atoms with Gasteiger partial charge >= 0.3 is 5.97 Å². The molecule has 0 fully saturated rings. The third-order valence-corrected chi connectivity index (χ3v) is 4.85. The van der Waals surface area contributed by atoms with Gasteiger partial charge < -0.3 is 4.74 Å². The van der Waals surface area contributed by atoms with E-state index in [-0.39, 0.29) is 11.3 Å². The minimum atomic E-state index is -0.583. The molecule has 0 radical (unpaired) electrons. The van der Waals surface area contributed by atoms with E-state index in [0.29, 0.717) is 16.9 Å². The predicted octanol–water partition coefficient (Wildman–Crippen LogP) is 6.61. The van der Waals surface area contributed by atoms with E-state index >= 15 is 0 Å². The minimum absolute atomic E-state index is 0.127. The monoisotopic (exact) mass is 422 g/mol. The van der Waals surface area contributed by atoms with E-state index in [2.05, 4.69) is 0 Å². The third-order valence-electron chi connectivity index (χ3n) is 4.85. The molecule has 4 rings (SSSR count). The lowest BCUT2D eigenvalue weighted by molar-refractivity contribution is 0.0734. The van der Waals surface area contributed by atoms with Crippen LogP contribution in [0.3, 0.4) is 0 Å². The van der Waals surface area contributed by atoms with Gasteiger partial charge in [-0.1, -0.05) is 72.8 Å². The van der Waals surface area contributed by atoms with Crippen LogP contribution in [0.15, 0.2) is 109 Å². The molecule has 0 saturated heterocycles. The van der Waals surface area contributed by atoms with Gasteiger partial charge in [-0.05, 0) is 59.2 Å². The van der Waals surface area contributed by atoms with Crippen molar-refractivity contribution in [3.8, 4) is 16.9 Å². The van der Waals surface area contributed by atoms with E-state index in [9.17, 15) is 14.0 Å². The molecule has 0 saturated carbocycles. The highest BCUT2D eigenvalue weighted by atomic mass is 19.1. The van der Waals surface area contributed by atoms with E-state index in [1.807, 2.05) is 42.5 Å². The van der Waals surface area contributed by atoms with E-state index in [0.717, 1.165) is 11.1 Å². The summed E-state index contributed by atoms with van der Waals surface area (Å²) in [5.74, 6) is -0.798. The minimum Gasteiger partial charge on any atom is -0.423 e. The maximum atomic E-state index is 13.0.